The van der Waals surface area contributed by atoms with Gasteiger partial charge in [-0.1, -0.05) is 6.08 Å². The van der Waals surface area contributed by atoms with Gasteiger partial charge in [0.15, 0.2) is 0 Å². The first-order valence-electron chi connectivity index (χ1n) is 5.03. The van der Waals surface area contributed by atoms with E-state index in [1.165, 1.54) is 11.0 Å². The molecular formula is C8H14N6O4. The van der Waals surface area contributed by atoms with E-state index in [0.717, 1.165) is 0 Å². The van der Waals surface area contributed by atoms with Crippen LogP contribution >= 0.6 is 0 Å². The molecule has 1 amide bonds. The molecule has 1 aliphatic heterocycles. The summed E-state index contributed by atoms with van der Waals surface area (Å²) in [6.07, 6.45) is 0.846. The minimum atomic E-state index is -0.780. The summed E-state index contributed by atoms with van der Waals surface area (Å²) in [5, 5.41) is 13.7. The number of ether oxygens (including phenoxy) is 1. The van der Waals surface area contributed by atoms with Crippen molar-refractivity contribution in [2.24, 2.45) is 16.6 Å². The van der Waals surface area contributed by atoms with Crippen LogP contribution in [0.4, 0.5) is 4.79 Å². The Hall–Kier alpha value is -2.52. The van der Waals surface area contributed by atoms with Gasteiger partial charge in [0.05, 0.1) is 22.7 Å². The quantitative estimate of drug-likeness (QED) is 0.198. The van der Waals surface area contributed by atoms with Crippen LogP contribution in [0.3, 0.4) is 0 Å². The lowest BCUT2D eigenvalue weighted by atomic mass is 10.2. The Morgan fingerprint density at radius 2 is 2.44 bits per heavy atom. The van der Waals surface area contributed by atoms with E-state index in [9.17, 15) is 14.9 Å². The van der Waals surface area contributed by atoms with Crippen molar-refractivity contribution in [3.63, 3.8) is 0 Å². The molecule has 0 aromatic carbocycles. The Bertz CT molecular complexity index is 380. The highest BCUT2D eigenvalue weighted by Crippen LogP contribution is 2.11. The van der Waals surface area contributed by atoms with Gasteiger partial charge in [-0.25, -0.2) is 4.79 Å². The molecule has 1 heterocycles. The van der Waals surface area contributed by atoms with Gasteiger partial charge >= 0.3 is 12.1 Å². The number of guanidine groups is 1. The molecule has 1 fully saturated rings. The van der Waals surface area contributed by atoms with Gasteiger partial charge in [0.1, 0.15) is 13.2 Å². The van der Waals surface area contributed by atoms with E-state index >= 15 is 0 Å². The number of nitrogens with zero attached hydrogens (tertiary/aromatic N) is 4. The molecule has 0 radical (unpaired) electrons. The lowest BCUT2D eigenvalue weighted by Gasteiger charge is -2.23. The molecular weight excluding hydrogens is 244 g/mol. The molecule has 100 valence electrons. The minimum absolute atomic E-state index is 0.219. The van der Waals surface area contributed by atoms with Crippen LogP contribution in [0.1, 0.15) is 0 Å². The van der Waals surface area contributed by atoms with Gasteiger partial charge in [-0.2, -0.15) is 0 Å². The van der Waals surface area contributed by atoms with Crippen molar-refractivity contribution in [2.75, 3.05) is 19.7 Å². The molecule has 4 N–H and O–H groups in total. The Kier molecular flexibility index (Phi) is 4.29. The number of carbonyl (C=O) groups is 1. The fraction of sp³-hybridized carbons (Fsp3) is 0.500. The van der Waals surface area contributed by atoms with E-state index in [1.54, 1.807) is 0 Å². The normalized spacial score (nSPS) is 15.8. The number of carbonyl (C=O) groups excluding carboxylic acids is 1. The van der Waals surface area contributed by atoms with Crippen LogP contribution in [0.2, 0.25) is 0 Å². The largest absolute Gasteiger partial charge is 0.448 e. The SMILES string of the molecule is C=CC(CN(N=C(N)N)[N+](=O)[O-])N1CCOC1=O. The predicted octanol–water partition coefficient (Wildman–Crippen LogP) is -1.32. The maximum Gasteiger partial charge on any atom is 0.410 e. The van der Waals surface area contributed by atoms with Crippen LogP contribution in [0.15, 0.2) is 17.8 Å². The van der Waals surface area contributed by atoms with E-state index in [1.807, 2.05) is 0 Å². The van der Waals surface area contributed by atoms with Crippen molar-refractivity contribution >= 4 is 12.1 Å². The summed E-state index contributed by atoms with van der Waals surface area (Å²) in [4.78, 5) is 23.4. The van der Waals surface area contributed by atoms with Crippen LogP contribution in [0.25, 0.3) is 0 Å². The average molecular weight is 258 g/mol. The second-order valence-electron chi connectivity index (χ2n) is 3.43. The first kappa shape index (κ1) is 13.5. The zero-order chi connectivity index (χ0) is 13.7. The van der Waals surface area contributed by atoms with Crippen molar-refractivity contribution in [2.45, 2.75) is 6.04 Å². The minimum Gasteiger partial charge on any atom is -0.448 e. The molecule has 18 heavy (non-hydrogen) atoms. The third kappa shape index (κ3) is 3.23. The van der Waals surface area contributed by atoms with Crippen molar-refractivity contribution in [3.05, 3.63) is 22.8 Å². The number of hydrogen-bond donors (Lipinski definition) is 2. The van der Waals surface area contributed by atoms with Crippen LogP contribution in [-0.4, -0.2) is 52.8 Å². The summed E-state index contributed by atoms with van der Waals surface area (Å²) in [7, 11) is 0. The summed E-state index contributed by atoms with van der Waals surface area (Å²) in [5.74, 6) is -0.446. The molecule has 1 aliphatic rings. The molecule has 1 atom stereocenters. The zero-order valence-electron chi connectivity index (χ0n) is 9.56. The molecule has 1 saturated heterocycles. The standard InChI is InChI=1S/C8H14N6O4/c1-2-6(12-3-4-18-8(12)15)5-13(14(16)17)11-7(9)10/h2,6H,1,3-5H2,(H4,9,10,11). The molecule has 0 aromatic rings. The zero-order valence-corrected chi connectivity index (χ0v) is 9.56. The number of rotatable bonds is 6. The van der Waals surface area contributed by atoms with E-state index in [-0.39, 0.29) is 13.2 Å². The number of cyclic esters (lactones) is 1. The van der Waals surface area contributed by atoms with Crippen molar-refractivity contribution in [3.8, 4) is 0 Å². The Morgan fingerprint density at radius 1 is 1.78 bits per heavy atom. The summed E-state index contributed by atoms with van der Waals surface area (Å²) in [6, 6.07) is -0.617. The van der Waals surface area contributed by atoms with E-state index < -0.39 is 23.1 Å². The first-order valence-corrected chi connectivity index (χ1v) is 5.03. The molecule has 0 aliphatic carbocycles. The fourth-order valence-electron chi connectivity index (χ4n) is 1.45. The number of hydrogen-bond acceptors (Lipinski definition) is 5. The molecule has 1 unspecified atom stereocenters. The summed E-state index contributed by atoms with van der Waals surface area (Å²) in [5.41, 5.74) is 10.2. The van der Waals surface area contributed by atoms with Gasteiger partial charge in [-0.15, -0.1) is 6.58 Å². The average Bonchev–Trinajstić information content (AvgIpc) is 2.70. The van der Waals surface area contributed by atoms with Gasteiger partial charge < -0.3 is 26.3 Å². The van der Waals surface area contributed by atoms with Crippen LogP contribution < -0.4 is 11.5 Å². The van der Waals surface area contributed by atoms with Crippen LogP contribution in [0.5, 0.6) is 0 Å². The lowest BCUT2D eigenvalue weighted by Crippen LogP contribution is -2.44. The maximum absolute atomic E-state index is 11.3. The highest BCUT2D eigenvalue weighted by molar-refractivity contribution is 5.75. The fourth-order valence-corrected chi connectivity index (χ4v) is 1.45. The van der Waals surface area contributed by atoms with E-state index in [0.29, 0.717) is 11.7 Å². The van der Waals surface area contributed by atoms with E-state index in [4.69, 9.17) is 16.2 Å². The molecule has 1 rings (SSSR count). The number of nitro groups is 1. The molecule has 0 bridgehead atoms. The number of hydrazine groups is 1. The Morgan fingerprint density at radius 3 is 2.83 bits per heavy atom. The van der Waals surface area contributed by atoms with Crippen molar-refractivity contribution in [1.82, 2.24) is 10.0 Å². The highest BCUT2D eigenvalue weighted by Gasteiger charge is 2.31. The smallest absolute Gasteiger partial charge is 0.410 e. The van der Waals surface area contributed by atoms with E-state index in [2.05, 4.69) is 11.7 Å². The van der Waals surface area contributed by atoms with Gasteiger partial charge in [-0.3, -0.25) is 4.90 Å². The second kappa shape index (κ2) is 5.70. The third-order valence-corrected chi connectivity index (χ3v) is 2.23. The third-order valence-electron chi connectivity index (χ3n) is 2.23. The number of amides is 1. The van der Waals surface area contributed by atoms with Gasteiger partial charge in [0.2, 0.25) is 0 Å². The Balaban J connectivity index is 2.76. The maximum atomic E-state index is 11.3. The van der Waals surface area contributed by atoms with Crippen LogP contribution in [0, 0.1) is 10.1 Å². The predicted molar refractivity (Wildman–Crippen MR) is 61.5 cm³/mol. The van der Waals surface area contributed by atoms with Gasteiger partial charge in [0.25, 0.3) is 0 Å². The topological polar surface area (TPSA) is 140 Å². The second-order valence-corrected chi connectivity index (χ2v) is 3.43. The lowest BCUT2D eigenvalue weighted by molar-refractivity contribution is -0.657. The Labute approximate surface area is 103 Å². The highest BCUT2D eigenvalue weighted by atomic mass is 16.7. The van der Waals surface area contributed by atoms with Crippen molar-refractivity contribution < 1.29 is 14.6 Å². The van der Waals surface area contributed by atoms with Gasteiger partial charge in [0, 0.05) is 5.12 Å². The first-order chi connectivity index (χ1) is 8.45. The molecule has 0 aromatic heterocycles. The summed E-state index contributed by atoms with van der Waals surface area (Å²) in [6.45, 7) is 3.88. The van der Waals surface area contributed by atoms with Gasteiger partial charge in [-0.05, 0) is 0 Å². The monoisotopic (exact) mass is 258 g/mol. The molecule has 10 nitrogen and oxygen atoms in total. The van der Waals surface area contributed by atoms with Crippen molar-refractivity contribution in [1.29, 1.82) is 0 Å². The number of hydrazone groups is 1. The molecule has 10 heteroatoms. The van der Waals surface area contributed by atoms with Crippen LogP contribution in [-0.2, 0) is 4.74 Å². The number of nitrogens with two attached hydrogens (primary N) is 2. The molecule has 0 saturated carbocycles. The summed E-state index contributed by atoms with van der Waals surface area (Å²) >= 11 is 0. The molecule has 0 spiro atoms. The summed E-state index contributed by atoms with van der Waals surface area (Å²) < 4.78 is 4.74.